The summed E-state index contributed by atoms with van der Waals surface area (Å²) in [4.78, 5) is 0. The van der Waals surface area contributed by atoms with Crippen molar-refractivity contribution in [3.05, 3.63) is 510 Å². The van der Waals surface area contributed by atoms with Crippen molar-refractivity contribution in [1.82, 2.24) is 0 Å². The van der Waals surface area contributed by atoms with Gasteiger partial charge in [-0.15, -0.1) is 0 Å². The van der Waals surface area contributed by atoms with Crippen molar-refractivity contribution in [2.45, 2.75) is 0 Å². The maximum Gasteiger partial charge on any atom is 0.136 e. The van der Waals surface area contributed by atoms with Crippen molar-refractivity contribution < 1.29 is 13.3 Å². The van der Waals surface area contributed by atoms with Crippen LogP contribution in [0, 0.1) is 0 Å². The molecule has 0 unspecified atom stereocenters. The lowest BCUT2D eigenvalue weighted by molar-refractivity contribution is 0.668. The van der Waals surface area contributed by atoms with E-state index in [1.165, 1.54) is 193 Å². The van der Waals surface area contributed by atoms with Gasteiger partial charge in [0.1, 0.15) is 33.5 Å². The average molecular weight is 1720 g/mol. The molecule has 0 atom stereocenters. The molecule has 0 aliphatic carbocycles. The molecule has 0 saturated heterocycles. The molecule has 0 radical (unpaired) electrons. The lowest BCUT2D eigenvalue weighted by Crippen LogP contribution is -1.91. The number of furan rings is 3. The maximum atomic E-state index is 6.61. The molecule has 630 valence electrons. The van der Waals surface area contributed by atoms with E-state index in [-0.39, 0.29) is 0 Å². The Kier molecular flexibility index (Phi) is 20.0. The molecular formula is C132H84O3. The minimum atomic E-state index is 0.898. The largest absolute Gasteiger partial charge is 0.456 e. The van der Waals surface area contributed by atoms with E-state index in [0.29, 0.717) is 0 Å². The van der Waals surface area contributed by atoms with Gasteiger partial charge in [-0.25, -0.2) is 0 Å². The molecule has 0 saturated carbocycles. The summed E-state index contributed by atoms with van der Waals surface area (Å²) in [5, 5.41) is 21.8. The summed E-state index contributed by atoms with van der Waals surface area (Å²) in [6.07, 6.45) is 0. The zero-order valence-corrected chi connectivity index (χ0v) is 73.7. The highest BCUT2D eigenvalue weighted by molar-refractivity contribution is 6.30. The normalized spacial score (nSPS) is 11.6. The van der Waals surface area contributed by atoms with E-state index in [9.17, 15) is 0 Å². The minimum absolute atomic E-state index is 0.898. The zero-order chi connectivity index (χ0) is 89.2. The van der Waals surface area contributed by atoms with E-state index in [1.807, 2.05) is 0 Å². The quantitative estimate of drug-likeness (QED) is 0.114. The van der Waals surface area contributed by atoms with Crippen LogP contribution in [0.25, 0.3) is 264 Å². The van der Waals surface area contributed by atoms with Crippen LogP contribution >= 0.6 is 0 Å². The molecule has 3 heterocycles. The Bertz CT molecular complexity index is 9080. The molecule has 0 aliphatic heterocycles. The van der Waals surface area contributed by atoms with Gasteiger partial charge in [0.25, 0.3) is 0 Å². The van der Waals surface area contributed by atoms with E-state index in [0.717, 1.165) is 71.4 Å². The lowest BCUT2D eigenvalue weighted by Gasteiger charge is -2.18. The number of rotatable bonds is 12. The summed E-state index contributed by atoms with van der Waals surface area (Å²) in [5.74, 6) is 0. The van der Waals surface area contributed by atoms with Crippen molar-refractivity contribution in [2.24, 2.45) is 0 Å². The van der Waals surface area contributed by atoms with Gasteiger partial charge in [0.15, 0.2) is 0 Å². The molecule has 3 heteroatoms. The van der Waals surface area contributed by atoms with Gasteiger partial charge < -0.3 is 13.3 Å². The van der Waals surface area contributed by atoms with Crippen LogP contribution in [0.3, 0.4) is 0 Å². The molecule has 0 N–H and O–H groups in total. The Hall–Kier alpha value is -17.8. The predicted molar refractivity (Wildman–Crippen MR) is 571 cm³/mol. The number of fused-ring (bicyclic) bond motifs is 15. The second kappa shape index (κ2) is 33.9. The molecule has 0 amide bonds. The number of hydrogen-bond donors (Lipinski definition) is 0. The Labute approximate surface area is 781 Å². The van der Waals surface area contributed by atoms with Crippen LogP contribution in [-0.2, 0) is 0 Å². The molecule has 27 rings (SSSR count). The van der Waals surface area contributed by atoms with Gasteiger partial charge in [0, 0.05) is 32.3 Å². The van der Waals surface area contributed by atoms with Crippen molar-refractivity contribution in [2.75, 3.05) is 0 Å². The van der Waals surface area contributed by atoms with E-state index >= 15 is 0 Å². The van der Waals surface area contributed by atoms with Gasteiger partial charge >= 0.3 is 0 Å². The minimum Gasteiger partial charge on any atom is -0.456 e. The monoisotopic (exact) mass is 1720 g/mol. The van der Waals surface area contributed by atoms with Gasteiger partial charge in [-0.05, 0) is 259 Å². The summed E-state index contributed by atoms with van der Waals surface area (Å²) in [5.41, 5.74) is 34.5. The smallest absolute Gasteiger partial charge is 0.136 e. The van der Waals surface area contributed by atoms with Crippen molar-refractivity contribution in [3.8, 4) is 134 Å². The molecule has 0 aliphatic rings. The Morgan fingerprint density at radius 1 is 0.0963 bits per heavy atom. The molecular weight excluding hydrogens is 1630 g/mol. The van der Waals surface area contributed by atoms with E-state index in [4.69, 9.17) is 13.3 Å². The van der Waals surface area contributed by atoms with E-state index in [2.05, 4.69) is 510 Å². The van der Waals surface area contributed by atoms with Crippen LogP contribution in [-0.4, -0.2) is 0 Å². The molecule has 27 aromatic rings. The number of benzene rings is 24. The molecule has 0 spiro atoms. The van der Waals surface area contributed by atoms with Gasteiger partial charge in [-0.2, -0.15) is 0 Å². The fraction of sp³-hybridized carbons (Fsp3) is 0. The molecule has 0 bridgehead atoms. The van der Waals surface area contributed by atoms with Crippen LogP contribution in [0.2, 0.25) is 0 Å². The van der Waals surface area contributed by atoms with Crippen LogP contribution in [0.4, 0.5) is 0 Å². The SMILES string of the molecule is c1ccc(-c2ccc(-c3ccc4oc5cccc(-c6c7ccccc7c(-c7ccccc7)c7ccccc67)c5c4c3)cc2)cc1.c1ccc(-c2cccc(-c3ccc4c(c3)oc3cccc(-c5c6ccccc6c(-c6ccccc6)c6ccccc56)c34)c2)cc1.c1ccc(-c2cccc(-c3cccc4oc5cccc(-c6c7ccccc7c(-c7ccccc7)c7ccccc67)c5c34)c2)cc1. The van der Waals surface area contributed by atoms with Crippen LogP contribution in [0.1, 0.15) is 0 Å². The summed E-state index contributed by atoms with van der Waals surface area (Å²) in [7, 11) is 0. The van der Waals surface area contributed by atoms with Crippen LogP contribution < -0.4 is 0 Å². The highest BCUT2D eigenvalue weighted by atomic mass is 16.3. The number of hydrogen-bond acceptors (Lipinski definition) is 3. The first-order valence-corrected chi connectivity index (χ1v) is 46.3. The van der Waals surface area contributed by atoms with Crippen molar-refractivity contribution >= 4 is 130 Å². The summed E-state index contributed by atoms with van der Waals surface area (Å²) >= 11 is 0. The third-order valence-electron chi connectivity index (χ3n) is 27.2. The lowest BCUT2D eigenvalue weighted by atomic mass is 9.84. The van der Waals surface area contributed by atoms with Crippen LogP contribution in [0.15, 0.2) is 523 Å². The van der Waals surface area contributed by atoms with Gasteiger partial charge in [0.05, 0.1) is 0 Å². The molecule has 135 heavy (non-hydrogen) atoms. The third-order valence-corrected chi connectivity index (χ3v) is 27.2. The summed E-state index contributed by atoms with van der Waals surface area (Å²) in [6.45, 7) is 0. The fourth-order valence-electron chi connectivity index (χ4n) is 21.2. The van der Waals surface area contributed by atoms with Gasteiger partial charge in [-0.3, -0.25) is 0 Å². The fourth-order valence-corrected chi connectivity index (χ4v) is 21.2. The predicted octanol–water partition coefficient (Wildman–Crippen LogP) is 37.7. The van der Waals surface area contributed by atoms with Crippen LogP contribution in [0.5, 0.6) is 0 Å². The first kappa shape index (κ1) is 79.4. The molecule has 0 fully saturated rings. The Balaban J connectivity index is 0.000000108. The zero-order valence-electron chi connectivity index (χ0n) is 73.7. The highest BCUT2D eigenvalue weighted by Crippen LogP contribution is 2.53. The second-order valence-corrected chi connectivity index (χ2v) is 34.9. The Morgan fingerprint density at radius 2 is 0.319 bits per heavy atom. The van der Waals surface area contributed by atoms with Crippen molar-refractivity contribution in [3.63, 3.8) is 0 Å². The third kappa shape index (κ3) is 14.1. The van der Waals surface area contributed by atoms with Crippen molar-refractivity contribution in [1.29, 1.82) is 0 Å². The van der Waals surface area contributed by atoms with Gasteiger partial charge in [0.2, 0.25) is 0 Å². The Morgan fingerprint density at radius 3 is 0.704 bits per heavy atom. The van der Waals surface area contributed by atoms with Gasteiger partial charge in [-0.1, -0.05) is 449 Å². The second-order valence-electron chi connectivity index (χ2n) is 34.9. The molecule has 3 aromatic heterocycles. The average Bonchev–Trinajstić information content (AvgIpc) is 1.68. The summed E-state index contributed by atoms with van der Waals surface area (Å²) in [6, 6.07) is 182. The van der Waals surface area contributed by atoms with E-state index < -0.39 is 0 Å². The summed E-state index contributed by atoms with van der Waals surface area (Å²) < 4.78 is 19.7. The highest BCUT2D eigenvalue weighted by Gasteiger charge is 2.27. The standard InChI is InChI=1S/3C44H28O/c1-3-14-29(15-4-1)31-18-11-19-32(28-31)33-24-12-26-39-43(33)44-38(25-13-27-40(44)45-39)42-36-22-9-7-20-34(36)41(30-16-5-2-6-17-30)35-21-8-10-23-37(35)42;1-3-13-29(14-4-1)31-17-11-18-32(27-31)33-25-26-38-41(28-33)45-40-24-12-23-39(44(38)40)43-36-21-9-7-19-34(36)42(30-15-5-2-6-16-30)35-20-8-10-22-37(35)43;1-3-12-29(13-4-1)30-22-24-31(25-23-30)33-26-27-40-39(28-33)44-38(20-11-21-41(44)45-40)43-36-18-9-7-16-34(36)42(32-14-5-2-6-15-32)35-17-8-10-19-37(35)43/h3*1-28H. The molecule has 24 aromatic carbocycles. The van der Waals surface area contributed by atoms with E-state index in [1.54, 1.807) is 0 Å². The topological polar surface area (TPSA) is 39.4 Å². The first-order chi connectivity index (χ1) is 67.0. The maximum absolute atomic E-state index is 6.61. The first-order valence-electron chi connectivity index (χ1n) is 46.3. The molecule has 3 nitrogen and oxygen atoms in total.